The zero-order valence-electron chi connectivity index (χ0n) is 11.7. The first kappa shape index (κ1) is 12.6. The van der Waals surface area contributed by atoms with Crippen LogP contribution in [0.3, 0.4) is 0 Å². The molecule has 0 heterocycles. The van der Waals surface area contributed by atoms with E-state index >= 15 is 0 Å². The first-order valence-corrected chi connectivity index (χ1v) is 7.93. The number of halogens is 1. The Bertz CT molecular complexity index is 518. The summed E-state index contributed by atoms with van der Waals surface area (Å²) in [7, 11) is 0. The lowest BCUT2D eigenvalue weighted by Gasteiger charge is -2.32. The van der Waals surface area contributed by atoms with E-state index in [-0.39, 0.29) is 5.75 Å². The van der Waals surface area contributed by atoms with Gasteiger partial charge in [-0.15, -0.1) is 0 Å². The molecule has 3 heteroatoms. The smallest absolute Gasteiger partial charge is 0.165 e. The minimum Gasteiger partial charge on any atom is -0.505 e. The molecular weight excluding hydrogens is 253 g/mol. The van der Waals surface area contributed by atoms with Crippen molar-refractivity contribution in [2.45, 2.75) is 44.7 Å². The minimum atomic E-state index is -0.520. The molecule has 0 saturated heterocycles. The predicted octanol–water partition coefficient (Wildman–Crippen LogP) is 3.45. The van der Waals surface area contributed by atoms with Gasteiger partial charge < -0.3 is 10.4 Å². The highest BCUT2D eigenvalue weighted by molar-refractivity contribution is 5.28. The second-order valence-electron chi connectivity index (χ2n) is 6.93. The summed E-state index contributed by atoms with van der Waals surface area (Å²) in [5.41, 5.74) is 0.922. The number of hydrogen-bond acceptors (Lipinski definition) is 2. The predicted molar refractivity (Wildman–Crippen MR) is 75.7 cm³/mol. The Balaban J connectivity index is 1.40. The molecule has 0 radical (unpaired) electrons. The van der Waals surface area contributed by atoms with Crippen LogP contribution in [0.25, 0.3) is 0 Å². The monoisotopic (exact) mass is 275 g/mol. The van der Waals surface area contributed by atoms with E-state index in [2.05, 4.69) is 5.32 Å². The van der Waals surface area contributed by atoms with E-state index in [0.29, 0.717) is 12.6 Å². The van der Waals surface area contributed by atoms with Crippen LogP contribution in [0, 0.1) is 29.5 Å². The Morgan fingerprint density at radius 2 is 2.00 bits per heavy atom. The van der Waals surface area contributed by atoms with Crippen molar-refractivity contribution in [3.8, 4) is 5.75 Å². The van der Waals surface area contributed by atoms with Crippen molar-refractivity contribution in [3.05, 3.63) is 29.6 Å². The largest absolute Gasteiger partial charge is 0.505 e. The van der Waals surface area contributed by atoms with Gasteiger partial charge in [0.25, 0.3) is 0 Å². The van der Waals surface area contributed by atoms with Crippen molar-refractivity contribution in [2.75, 3.05) is 0 Å². The number of phenols is 1. The Morgan fingerprint density at radius 1 is 1.15 bits per heavy atom. The van der Waals surface area contributed by atoms with Gasteiger partial charge in [-0.05, 0) is 67.1 Å². The molecule has 2 N–H and O–H groups in total. The second-order valence-corrected chi connectivity index (χ2v) is 6.93. The fourth-order valence-corrected chi connectivity index (χ4v) is 5.21. The lowest BCUT2D eigenvalue weighted by Crippen LogP contribution is -2.38. The summed E-state index contributed by atoms with van der Waals surface area (Å²) < 4.78 is 13.3. The van der Waals surface area contributed by atoms with E-state index in [0.717, 1.165) is 29.2 Å². The normalized spacial score (nSPS) is 38.4. The molecule has 0 amide bonds. The third kappa shape index (κ3) is 1.95. The molecule has 2 nitrogen and oxygen atoms in total. The molecule has 3 fully saturated rings. The summed E-state index contributed by atoms with van der Waals surface area (Å²) >= 11 is 0. The number of rotatable bonds is 3. The Hall–Kier alpha value is -1.09. The minimum absolute atomic E-state index is 0.262. The van der Waals surface area contributed by atoms with E-state index in [4.69, 9.17) is 0 Å². The SMILES string of the molecule is Oc1ccc(CNC2CC3CC2C2CCCC32)cc1F. The van der Waals surface area contributed by atoms with Gasteiger partial charge in [-0.1, -0.05) is 12.5 Å². The van der Waals surface area contributed by atoms with Crippen LogP contribution in [0.4, 0.5) is 4.39 Å². The van der Waals surface area contributed by atoms with E-state index in [1.165, 1.54) is 44.2 Å². The highest BCUT2D eigenvalue weighted by atomic mass is 19.1. The lowest BCUT2D eigenvalue weighted by atomic mass is 9.79. The van der Waals surface area contributed by atoms with Gasteiger partial charge >= 0.3 is 0 Å². The van der Waals surface area contributed by atoms with Gasteiger partial charge in [-0.25, -0.2) is 4.39 Å². The van der Waals surface area contributed by atoms with Crippen LogP contribution in [-0.2, 0) is 6.54 Å². The van der Waals surface area contributed by atoms with E-state index in [9.17, 15) is 9.50 Å². The molecule has 1 aromatic rings. The summed E-state index contributed by atoms with van der Waals surface area (Å²) in [5.74, 6) is 3.00. The van der Waals surface area contributed by atoms with Crippen molar-refractivity contribution in [1.82, 2.24) is 5.32 Å². The first-order valence-electron chi connectivity index (χ1n) is 7.93. The molecule has 5 atom stereocenters. The molecule has 108 valence electrons. The maximum Gasteiger partial charge on any atom is 0.165 e. The quantitative estimate of drug-likeness (QED) is 0.885. The summed E-state index contributed by atoms with van der Waals surface area (Å²) in [6, 6.07) is 5.31. The molecule has 1 aromatic carbocycles. The van der Waals surface area contributed by atoms with Gasteiger partial charge in [-0.2, -0.15) is 0 Å². The van der Waals surface area contributed by atoms with Gasteiger partial charge in [-0.3, -0.25) is 0 Å². The fraction of sp³-hybridized carbons (Fsp3) is 0.647. The van der Waals surface area contributed by atoms with Crippen LogP contribution < -0.4 is 5.32 Å². The van der Waals surface area contributed by atoms with Gasteiger partial charge in [0.15, 0.2) is 11.6 Å². The van der Waals surface area contributed by atoms with Crippen LogP contribution >= 0.6 is 0 Å². The molecule has 0 spiro atoms. The number of aromatic hydroxyl groups is 1. The third-order valence-corrected chi connectivity index (χ3v) is 6.01. The molecule has 2 bridgehead atoms. The average Bonchev–Trinajstić information content (AvgIpc) is 3.11. The highest BCUT2D eigenvalue weighted by Crippen LogP contribution is 2.58. The first-order chi connectivity index (χ1) is 9.72. The molecule has 3 aliphatic carbocycles. The molecule has 4 rings (SSSR count). The molecule has 3 aliphatic rings. The molecule has 0 aromatic heterocycles. The molecule has 0 aliphatic heterocycles. The van der Waals surface area contributed by atoms with Gasteiger partial charge in [0.2, 0.25) is 0 Å². The molecule has 20 heavy (non-hydrogen) atoms. The topological polar surface area (TPSA) is 32.3 Å². The van der Waals surface area contributed by atoms with Crippen molar-refractivity contribution >= 4 is 0 Å². The maximum atomic E-state index is 13.3. The maximum absolute atomic E-state index is 13.3. The summed E-state index contributed by atoms with van der Waals surface area (Å²) in [6.07, 6.45) is 7.04. The third-order valence-electron chi connectivity index (χ3n) is 6.01. The molecule has 5 unspecified atom stereocenters. The van der Waals surface area contributed by atoms with Crippen LogP contribution in [0.2, 0.25) is 0 Å². The van der Waals surface area contributed by atoms with Crippen LogP contribution in [0.1, 0.15) is 37.7 Å². The Morgan fingerprint density at radius 3 is 2.85 bits per heavy atom. The van der Waals surface area contributed by atoms with E-state index < -0.39 is 5.82 Å². The zero-order chi connectivity index (χ0) is 13.7. The van der Waals surface area contributed by atoms with Crippen molar-refractivity contribution in [1.29, 1.82) is 0 Å². The van der Waals surface area contributed by atoms with Crippen molar-refractivity contribution < 1.29 is 9.50 Å². The average molecular weight is 275 g/mol. The van der Waals surface area contributed by atoms with Crippen LogP contribution in [-0.4, -0.2) is 11.1 Å². The Labute approximate surface area is 119 Å². The summed E-state index contributed by atoms with van der Waals surface area (Å²) in [4.78, 5) is 0. The van der Waals surface area contributed by atoms with Gasteiger partial charge in [0, 0.05) is 12.6 Å². The van der Waals surface area contributed by atoms with E-state index in [1.54, 1.807) is 6.07 Å². The summed E-state index contributed by atoms with van der Waals surface area (Å²) in [5, 5.41) is 12.9. The lowest BCUT2D eigenvalue weighted by molar-refractivity contribution is 0.208. The number of fused-ring (bicyclic) bond motifs is 5. The summed E-state index contributed by atoms with van der Waals surface area (Å²) in [6.45, 7) is 0.711. The van der Waals surface area contributed by atoms with Gasteiger partial charge in [0.05, 0.1) is 0 Å². The number of hydrogen-bond donors (Lipinski definition) is 2. The second kappa shape index (κ2) is 4.73. The standard InChI is InChI=1S/C17H22FNO/c18-15-6-10(4-5-17(15)20)9-19-16-8-11-7-14(16)13-3-1-2-12(11)13/h4-6,11-14,16,19-20H,1-3,7-9H2. The van der Waals surface area contributed by atoms with Gasteiger partial charge in [0.1, 0.15) is 0 Å². The van der Waals surface area contributed by atoms with Crippen molar-refractivity contribution in [3.63, 3.8) is 0 Å². The number of benzene rings is 1. The fourth-order valence-electron chi connectivity index (χ4n) is 5.21. The number of nitrogens with one attached hydrogen (secondary N) is 1. The zero-order valence-corrected chi connectivity index (χ0v) is 11.7. The Kier molecular flexibility index (Phi) is 2.99. The number of phenolic OH excluding ortho intramolecular Hbond substituents is 1. The van der Waals surface area contributed by atoms with E-state index in [1.807, 2.05) is 0 Å². The van der Waals surface area contributed by atoms with Crippen molar-refractivity contribution in [2.24, 2.45) is 23.7 Å². The highest BCUT2D eigenvalue weighted by Gasteiger charge is 2.53. The molecular formula is C17H22FNO. The van der Waals surface area contributed by atoms with Crippen LogP contribution in [0.5, 0.6) is 5.75 Å². The molecule has 3 saturated carbocycles. The van der Waals surface area contributed by atoms with Crippen LogP contribution in [0.15, 0.2) is 18.2 Å².